The lowest BCUT2D eigenvalue weighted by Gasteiger charge is -2.11. The number of rotatable bonds is 9. The van der Waals surface area contributed by atoms with Gasteiger partial charge >= 0.3 is 0 Å². The van der Waals surface area contributed by atoms with Gasteiger partial charge in [0.2, 0.25) is 0 Å². The number of hydrogen-bond acceptors (Lipinski definition) is 4. The average Bonchev–Trinajstić information content (AvgIpc) is 2.91. The molecule has 1 aliphatic carbocycles. The summed E-state index contributed by atoms with van der Waals surface area (Å²) in [6.45, 7) is 2.61. The monoisotopic (exact) mass is 266 g/mol. The van der Waals surface area contributed by atoms with Gasteiger partial charge in [-0.05, 0) is 36.5 Å². The van der Waals surface area contributed by atoms with Crippen LogP contribution in [0.2, 0.25) is 0 Å². The van der Waals surface area contributed by atoms with Crippen LogP contribution in [0.25, 0.3) is 0 Å². The highest BCUT2D eigenvalue weighted by atomic mass is 16.5. The molecule has 0 amide bonds. The van der Waals surface area contributed by atoms with Gasteiger partial charge < -0.3 is 19.3 Å². The maximum Gasteiger partial charge on any atom is 0.122 e. The highest BCUT2D eigenvalue weighted by molar-refractivity contribution is 5.42. The molecule has 0 fully saturated rings. The topological polar surface area (TPSA) is 47.9 Å². The molecule has 0 spiro atoms. The molecule has 0 radical (unpaired) electrons. The van der Waals surface area contributed by atoms with Gasteiger partial charge in [0.15, 0.2) is 0 Å². The summed E-state index contributed by atoms with van der Waals surface area (Å²) in [5, 5.41) is 8.52. The Balaban J connectivity index is 1.60. The number of aliphatic hydroxyl groups excluding tert-OH is 1. The zero-order chi connectivity index (χ0) is 13.3. The first-order valence-corrected chi connectivity index (χ1v) is 6.91. The zero-order valence-electron chi connectivity index (χ0n) is 11.3. The van der Waals surface area contributed by atoms with Crippen LogP contribution in [0.15, 0.2) is 18.2 Å². The second-order valence-electron chi connectivity index (χ2n) is 4.54. The standard InChI is InChI=1S/C15H22O4/c16-7-8-17-9-10-18-11-12-19-15-6-2-4-13-3-1-5-14(13)15/h2,4,6,16H,1,3,5,7-12H2. The van der Waals surface area contributed by atoms with E-state index >= 15 is 0 Å². The van der Waals surface area contributed by atoms with Crippen molar-refractivity contribution in [2.75, 3.05) is 39.6 Å². The minimum atomic E-state index is 0.0578. The minimum absolute atomic E-state index is 0.0578. The minimum Gasteiger partial charge on any atom is -0.491 e. The Kier molecular flexibility index (Phi) is 6.14. The predicted molar refractivity (Wildman–Crippen MR) is 72.7 cm³/mol. The summed E-state index contributed by atoms with van der Waals surface area (Å²) < 4.78 is 16.3. The molecule has 0 unspecified atom stereocenters. The molecule has 1 aliphatic rings. The molecule has 4 heteroatoms. The van der Waals surface area contributed by atoms with Gasteiger partial charge in [-0.25, -0.2) is 0 Å². The van der Waals surface area contributed by atoms with Crippen molar-refractivity contribution in [3.63, 3.8) is 0 Å². The van der Waals surface area contributed by atoms with Gasteiger partial charge in [0, 0.05) is 0 Å². The predicted octanol–water partition coefficient (Wildman–Crippen LogP) is 1.58. The van der Waals surface area contributed by atoms with E-state index in [1.807, 2.05) is 6.07 Å². The van der Waals surface area contributed by atoms with Gasteiger partial charge in [-0.3, -0.25) is 0 Å². The number of ether oxygens (including phenoxy) is 3. The third kappa shape index (κ3) is 4.49. The van der Waals surface area contributed by atoms with E-state index in [4.69, 9.17) is 19.3 Å². The fourth-order valence-electron chi connectivity index (χ4n) is 2.32. The van der Waals surface area contributed by atoms with Gasteiger partial charge in [-0.2, -0.15) is 0 Å². The highest BCUT2D eigenvalue weighted by Crippen LogP contribution is 2.30. The highest BCUT2D eigenvalue weighted by Gasteiger charge is 2.14. The Bertz CT molecular complexity index is 378. The maximum absolute atomic E-state index is 8.52. The molecule has 0 saturated carbocycles. The molecule has 1 aromatic carbocycles. The van der Waals surface area contributed by atoms with Crippen LogP contribution in [0.3, 0.4) is 0 Å². The molecule has 2 rings (SSSR count). The smallest absolute Gasteiger partial charge is 0.122 e. The largest absolute Gasteiger partial charge is 0.491 e. The molecular weight excluding hydrogens is 244 g/mol. The van der Waals surface area contributed by atoms with Crippen LogP contribution in [0, 0.1) is 0 Å². The van der Waals surface area contributed by atoms with Crippen molar-refractivity contribution in [1.82, 2.24) is 0 Å². The van der Waals surface area contributed by atoms with Crippen molar-refractivity contribution < 1.29 is 19.3 Å². The average molecular weight is 266 g/mol. The van der Waals surface area contributed by atoms with Gasteiger partial charge in [0.05, 0.1) is 33.0 Å². The lowest BCUT2D eigenvalue weighted by molar-refractivity contribution is 0.0246. The van der Waals surface area contributed by atoms with Gasteiger partial charge in [0.25, 0.3) is 0 Å². The van der Waals surface area contributed by atoms with E-state index in [0.29, 0.717) is 33.0 Å². The fourth-order valence-corrected chi connectivity index (χ4v) is 2.32. The SMILES string of the molecule is OCCOCCOCCOc1cccc2c1CCC2. The summed E-state index contributed by atoms with van der Waals surface area (Å²) >= 11 is 0. The van der Waals surface area contributed by atoms with Crippen LogP contribution in [0.4, 0.5) is 0 Å². The molecule has 1 N–H and O–H groups in total. The van der Waals surface area contributed by atoms with Crippen molar-refractivity contribution in [2.24, 2.45) is 0 Å². The summed E-state index contributed by atoms with van der Waals surface area (Å²) in [5.41, 5.74) is 2.80. The third-order valence-corrected chi connectivity index (χ3v) is 3.20. The molecule has 0 atom stereocenters. The van der Waals surface area contributed by atoms with Crippen molar-refractivity contribution in [2.45, 2.75) is 19.3 Å². The van der Waals surface area contributed by atoms with E-state index in [9.17, 15) is 0 Å². The Hall–Kier alpha value is -1.10. The van der Waals surface area contributed by atoms with E-state index in [-0.39, 0.29) is 6.61 Å². The van der Waals surface area contributed by atoms with Crippen molar-refractivity contribution in [3.05, 3.63) is 29.3 Å². The summed E-state index contributed by atoms with van der Waals surface area (Å²) in [7, 11) is 0. The van der Waals surface area contributed by atoms with Crippen LogP contribution < -0.4 is 4.74 Å². The van der Waals surface area contributed by atoms with Crippen LogP contribution >= 0.6 is 0 Å². The zero-order valence-corrected chi connectivity index (χ0v) is 11.3. The van der Waals surface area contributed by atoms with Crippen LogP contribution in [0.1, 0.15) is 17.5 Å². The summed E-state index contributed by atoms with van der Waals surface area (Å²) in [6, 6.07) is 6.28. The van der Waals surface area contributed by atoms with Crippen molar-refractivity contribution >= 4 is 0 Å². The van der Waals surface area contributed by atoms with Crippen LogP contribution in [-0.2, 0) is 22.3 Å². The molecule has 4 nitrogen and oxygen atoms in total. The molecule has 0 heterocycles. The normalized spacial score (nSPS) is 13.5. The second-order valence-corrected chi connectivity index (χ2v) is 4.54. The molecule has 1 aromatic rings. The lowest BCUT2D eigenvalue weighted by Crippen LogP contribution is -2.12. The second kappa shape index (κ2) is 8.15. The first kappa shape index (κ1) is 14.3. The molecule has 0 bridgehead atoms. The maximum atomic E-state index is 8.52. The van der Waals surface area contributed by atoms with E-state index in [1.54, 1.807) is 0 Å². The van der Waals surface area contributed by atoms with Crippen molar-refractivity contribution in [3.8, 4) is 5.75 Å². The molecule has 106 valence electrons. The van der Waals surface area contributed by atoms with E-state index < -0.39 is 0 Å². The first-order chi connectivity index (χ1) is 9.42. The number of fused-ring (bicyclic) bond motifs is 1. The van der Waals surface area contributed by atoms with Crippen LogP contribution in [-0.4, -0.2) is 44.7 Å². The van der Waals surface area contributed by atoms with E-state index in [0.717, 1.165) is 12.2 Å². The number of aliphatic hydroxyl groups is 1. The molecule has 19 heavy (non-hydrogen) atoms. The Morgan fingerprint density at radius 2 is 1.74 bits per heavy atom. The first-order valence-electron chi connectivity index (χ1n) is 6.91. The lowest BCUT2D eigenvalue weighted by atomic mass is 10.1. The number of hydrogen-bond donors (Lipinski definition) is 1. The quantitative estimate of drug-likeness (QED) is 0.689. The molecular formula is C15H22O4. The summed E-state index contributed by atoms with van der Waals surface area (Å²) in [6.07, 6.45) is 3.53. The summed E-state index contributed by atoms with van der Waals surface area (Å²) in [4.78, 5) is 0. The molecule has 0 aliphatic heterocycles. The Morgan fingerprint density at radius 1 is 0.947 bits per heavy atom. The number of benzene rings is 1. The van der Waals surface area contributed by atoms with Crippen LogP contribution in [0.5, 0.6) is 5.75 Å². The fraction of sp³-hybridized carbons (Fsp3) is 0.600. The molecule has 0 saturated heterocycles. The van der Waals surface area contributed by atoms with Gasteiger partial charge in [0.1, 0.15) is 12.4 Å². The van der Waals surface area contributed by atoms with E-state index in [2.05, 4.69) is 12.1 Å². The van der Waals surface area contributed by atoms with Crippen molar-refractivity contribution in [1.29, 1.82) is 0 Å². The summed E-state index contributed by atoms with van der Waals surface area (Å²) in [5.74, 6) is 1.01. The van der Waals surface area contributed by atoms with Gasteiger partial charge in [-0.15, -0.1) is 0 Å². The molecule has 0 aromatic heterocycles. The van der Waals surface area contributed by atoms with E-state index in [1.165, 1.54) is 24.0 Å². The third-order valence-electron chi connectivity index (χ3n) is 3.20. The number of aryl methyl sites for hydroxylation is 1. The Labute approximate surface area is 114 Å². The van der Waals surface area contributed by atoms with Gasteiger partial charge in [-0.1, -0.05) is 12.1 Å². The Morgan fingerprint density at radius 3 is 2.58 bits per heavy atom.